The number of carbonyl (C=O) groups is 1. The number of halogens is 1. The zero-order valence-corrected chi connectivity index (χ0v) is 20.9. The molecule has 0 aliphatic carbocycles. The van der Waals surface area contributed by atoms with E-state index in [1.807, 2.05) is 30.3 Å². The average Bonchev–Trinajstić information content (AvgIpc) is 3.36. The Morgan fingerprint density at radius 2 is 1.89 bits per heavy atom. The van der Waals surface area contributed by atoms with Gasteiger partial charge in [-0.1, -0.05) is 42.5 Å². The van der Waals surface area contributed by atoms with Crippen molar-refractivity contribution in [1.82, 2.24) is 5.43 Å². The molecule has 1 N–H and O–H groups in total. The molecule has 176 valence electrons. The third-order valence-electron chi connectivity index (χ3n) is 5.52. The highest BCUT2D eigenvalue weighted by atomic mass is 127. The molecule has 1 aliphatic rings. The summed E-state index contributed by atoms with van der Waals surface area (Å²) in [6.07, 6.45) is 1.56. The number of methoxy groups -OCH3 is 1. The molecule has 5 rings (SSSR count). The van der Waals surface area contributed by atoms with Gasteiger partial charge in [0, 0.05) is 5.56 Å². The molecule has 1 aliphatic heterocycles. The zero-order chi connectivity index (χ0) is 24.2. The summed E-state index contributed by atoms with van der Waals surface area (Å²) >= 11 is 2.21. The summed E-state index contributed by atoms with van der Waals surface area (Å²) < 4.78 is 23.2. The smallest absolute Gasteiger partial charge is 0.271 e. The number of ether oxygens (including phenoxy) is 4. The summed E-state index contributed by atoms with van der Waals surface area (Å²) in [5.74, 6) is 2.05. The SMILES string of the molecule is COc1cc(/C=N\NC(=O)c2ccc3c(c2)OCO3)cc(I)c1OCc1cccc2ccccc12. The fourth-order valence-electron chi connectivity index (χ4n) is 3.79. The van der Waals surface area contributed by atoms with E-state index in [-0.39, 0.29) is 12.7 Å². The van der Waals surface area contributed by atoms with Gasteiger partial charge in [-0.15, -0.1) is 0 Å². The predicted molar refractivity (Wildman–Crippen MR) is 142 cm³/mol. The summed E-state index contributed by atoms with van der Waals surface area (Å²) in [4.78, 5) is 12.4. The largest absolute Gasteiger partial charge is 0.493 e. The lowest BCUT2D eigenvalue weighted by atomic mass is 10.1. The number of fused-ring (bicyclic) bond motifs is 2. The van der Waals surface area contributed by atoms with Crippen LogP contribution in [0.1, 0.15) is 21.5 Å². The number of hydrogen-bond donors (Lipinski definition) is 1. The van der Waals surface area contributed by atoms with Crippen molar-refractivity contribution in [2.45, 2.75) is 6.61 Å². The Morgan fingerprint density at radius 1 is 1.06 bits per heavy atom. The van der Waals surface area contributed by atoms with Crippen LogP contribution in [0.2, 0.25) is 0 Å². The first-order valence-electron chi connectivity index (χ1n) is 10.8. The van der Waals surface area contributed by atoms with Gasteiger partial charge in [-0.3, -0.25) is 4.79 Å². The van der Waals surface area contributed by atoms with Crippen LogP contribution in [0.4, 0.5) is 0 Å². The molecule has 0 atom stereocenters. The first-order valence-corrected chi connectivity index (χ1v) is 11.9. The third-order valence-corrected chi connectivity index (χ3v) is 6.32. The van der Waals surface area contributed by atoms with Gasteiger partial charge >= 0.3 is 0 Å². The fraction of sp³-hybridized carbons (Fsp3) is 0.111. The normalized spacial score (nSPS) is 12.2. The van der Waals surface area contributed by atoms with Crippen LogP contribution in [0.3, 0.4) is 0 Å². The minimum atomic E-state index is -0.351. The second-order valence-electron chi connectivity index (χ2n) is 7.73. The Morgan fingerprint density at radius 3 is 2.77 bits per heavy atom. The monoisotopic (exact) mass is 580 g/mol. The van der Waals surface area contributed by atoms with Crippen molar-refractivity contribution in [3.63, 3.8) is 0 Å². The first-order chi connectivity index (χ1) is 17.1. The standard InChI is InChI=1S/C27H21IN2O5/c1-32-25-12-17(14-29-30-27(31)19-9-10-23-24(13-19)35-16-34-23)11-22(28)26(25)33-15-20-7-4-6-18-5-2-3-8-21(18)20/h2-14H,15-16H2,1H3,(H,30,31)/b29-14-. The zero-order valence-electron chi connectivity index (χ0n) is 18.8. The second kappa shape index (κ2) is 10.2. The first kappa shape index (κ1) is 23.0. The molecule has 4 aromatic carbocycles. The van der Waals surface area contributed by atoms with Crippen LogP contribution in [0.5, 0.6) is 23.0 Å². The minimum Gasteiger partial charge on any atom is -0.493 e. The van der Waals surface area contributed by atoms with Gasteiger partial charge in [-0.05, 0) is 74.8 Å². The molecule has 1 heterocycles. The Hall–Kier alpha value is -3.79. The second-order valence-corrected chi connectivity index (χ2v) is 8.89. The molecule has 0 bridgehead atoms. The van der Waals surface area contributed by atoms with Crippen LogP contribution >= 0.6 is 22.6 Å². The molecule has 0 unspecified atom stereocenters. The van der Waals surface area contributed by atoms with Gasteiger partial charge in [0.15, 0.2) is 23.0 Å². The molecule has 8 heteroatoms. The predicted octanol–water partition coefficient (Wildman–Crippen LogP) is 5.52. The van der Waals surface area contributed by atoms with Gasteiger partial charge in [-0.25, -0.2) is 5.43 Å². The van der Waals surface area contributed by atoms with Gasteiger partial charge in [0.05, 0.1) is 16.9 Å². The fourth-order valence-corrected chi connectivity index (χ4v) is 4.57. The van der Waals surface area contributed by atoms with Crippen molar-refractivity contribution < 1.29 is 23.7 Å². The maximum atomic E-state index is 12.4. The minimum absolute atomic E-state index is 0.153. The van der Waals surface area contributed by atoms with Crippen LogP contribution in [0.15, 0.2) is 77.9 Å². The maximum Gasteiger partial charge on any atom is 0.271 e. The summed E-state index contributed by atoms with van der Waals surface area (Å²) in [7, 11) is 1.60. The molecule has 1 amide bonds. The molecule has 0 saturated heterocycles. The Kier molecular flexibility index (Phi) is 6.71. The van der Waals surface area contributed by atoms with Gasteiger partial charge in [0.25, 0.3) is 5.91 Å². The van der Waals surface area contributed by atoms with E-state index >= 15 is 0 Å². The van der Waals surface area contributed by atoms with Gasteiger partial charge < -0.3 is 18.9 Å². The van der Waals surface area contributed by atoms with Gasteiger partial charge in [0.2, 0.25) is 6.79 Å². The lowest BCUT2D eigenvalue weighted by Crippen LogP contribution is -2.17. The molecule has 0 spiro atoms. The molecule has 0 radical (unpaired) electrons. The van der Waals surface area contributed by atoms with E-state index in [0.717, 1.165) is 20.1 Å². The summed E-state index contributed by atoms with van der Waals surface area (Å²) in [5, 5.41) is 6.42. The summed E-state index contributed by atoms with van der Waals surface area (Å²) in [5.41, 5.74) is 4.81. The Bertz CT molecular complexity index is 1430. The van der Waals surface area contributed by atoms with E-state index in [4.69, 9.17) is 18.9 Å². The number of rotatable bonds is 7. The van der Waals surface area contributed by atoms with Gasteiger partial charge in [0.1, 0.15) is 6.61 Å². The lowest BCUT2D eigenvalue weighted by molar-refractivity contribution is 0.0954. The van der Waals surface area contributed by atoms with Crippen molar-refractivity contribution in [1.29, 1.82) is 0 Å². The average molecular weight is 580 g/mol. The molecule has 7 nitrogen and oxygen atoms in total. The Labute approximate surface area is 215 Å². The molecular weight excluding hydrogens is 559 g/mol. The van der Waals surface area contributed by atoms with E-state index in [2.05, 4.69) is 57.4 Å². The number of amides is 1. The van der Waals surface area contributed by atoms with Crippen molar-refractivity contribution >= 4 is 45.5 Å². The highest BCUT2D eigenvalue weighted by Crippen LogP contribution is 2.35. The highest BCUT2D eigenvalue weighted by Gasteiger charge is 2.16. The molecule has 0 aromatic heterocycles. The molecule has 0 saturated carbocycles. The van der Waals surface area contributed by atoms with Crippen LogP contribution < -0.4 is 24.4 Å². The molecule has 4 aromatic rings. The van der Waals surface area contributed by atoms with Crippen LogP contribution in [0.25, 0.3) is 10.8 Å². The van der Waals surface area contributed by atoms with Crippen LogP contribution in [-0.2, 0) is 6.61 Å². The van der Waals surface area contributed by atoms with Crippen LogP contribution in [0, 0.1) is 3.57 Å². The van der Waals surface area contributed by atoms with Crippen molar-refractivity contribution in [2.75, 3.05) is 13.9 Å². The summed E-state index contributed by atoms with van der Waals surface area (Å²) in [6.45, 7) is 0.563. The number of nitrogens with zero attached hydrogens (tertiary/aromatic N) is 1. The number of carbonyl (C=O) groups excluding carboxylic acids is 1. The summed E-state index contributed by atoms with van der Waals surface area (Å²) in [6, 6.07) is 23.1. The molecule has 0 fully saturated rings. The number of benzene rings is 4. The maximum absolute atomic E-state index is 12.4. The Balaban J connectivity index is 1.28. The van der Waals surface area contributed by atoms with E-state index in [1.165, 1.54) is 5.39 Å². The number of hydrazone groups is 1. The molecular formula is C27H21IN2O5. The third kappa shape index (κ3) is 5.02. The van der Waals surface area contributed by atoms with Crippen molar-refractivity contribution in [3.8, 4) is 23.0 Å². The van der Waals surface area contributed by atoms with E-state index in [9.17, 15) is 4.79 Å². The highest BCUT2D eigenvalue weighted by molar-refractivity contribution is 14.1. The van der Waals surface area contributed by atoms with E-state index < -0.39 is 0 Å². The van der Waals surface area contributed by atoms with E-state index in [1.54, 1.807) is 31.5 Å². The lowest BCUT2D eigenvalue weighted by Gasteiger charge is -2.14. The molecule has 35 heavy (non-hydrogen) atoms. The van der Waals surface area contributed by atoms with Crippen molar-refractivity contribution in [2.24, 2.45) is 5.10 Å². The van der Waals surface area contributed by atoms with Crippen molar-refractivity contribution in [3.05, 3.63) is 93.1 Å². The van der Waals surface area contributed by atoms with Gasteiger partial charge in [-0.2, -0.15) is 5.10 Å². The number of nitrogens with one attached hydrogen (secondary N) is 1. The van der Waals surface area contributed by atoms with E-state index in [0.29, 0.717) is 35.2 Å². The topological polar surface area (TPSA) is 78.4 Å². The quantitative estimate of drug-likeness (QED) is 0.177. The van der Waals surface area contributed by atoms with Crippen LogP contribution in [-0.4, -0.2) is 26.0 Å². The number of hydrogen-bond acceptors (Lipinski definition) is 6.